The number of fused-ring (bicyclic) bond motifs is 1. The van der Waals surface area contributed by atoms with Crippen LogP contribution in [0, 0.1) is 0 Å². The first-order valence-corrected chi connectivity index (χ1v) is 8.16. The summed E-state index contributed by atoms with van der Waals surface area (Å²) in [5.41, 5.74) is 2.05. The molecule has 0 aliphatic carbocycles. The average molecular weight is 331 g/mol. The van der Waals surface area contributed by atoms with E-state index in [0.29, 0.717) is 19.7 Å². The molecule has 1 atom stereocenters. The molecule has 0 bridgehead atoms. The van der Waals surface area contributed by atoms with Crippen LogP contribution in [0.15, 0.2) is 30.5 Å². The number of methoxy groups -OCH3 is 1. The van der Waals surface area contributed by atoms with Gasteiger partial charge in [0.25, 0.3) is 0 Å². The molecule has 2 N–H and O–H groups in total. The van der Waals surface area contributed by atoms with E-state index in [9.17, 15) is 9.59 Å². The van der Waals surface area contributed by atoms with E-state index in [-0.39, 0.29) is 24.3 Å². The molecule has 1 aliphatic heterocycles. The Kier molecular flexibility index (Phi) is 6.96. The summed E-state index contributed by atoms with van der Waals surface area (Å²) in [5.74, 6) is -0.135. The second-order valence-electron chi connectivity index (χ2n) is 5.68. The van der Waals surface area contributed by atoms with Crippen LogP contribution in [0.25, 0.3) is 6.08 Å². The van der Waals surface area contributed by atoms with Gasteiger partial charge in [-0.25, -0.2) is 0 Å². The molecule has 6 nitrogen and oxygen atoms in total. The van der Waals surface area contributed by atoms with Gasteiger partial charge in [-0.2, -0.15) is 0 Å². The van der Waals surface area contributed by atoms with Gasteiger partial charge in [-0.1, -0.05) is 24.3 Å². The topological polar surface area (TPSA) is 70.7 Å². The molecule has 6 heteroatoms. The lowest BCUT2D eigenvalue weighted by Crippen LogP contribution is -2.37. The van der Waals surface area contributed by atoms with Crippen molar-refractivity contribution >= 4 is 17.9 Å². The Morgan fingerprint density at radius 1 is 1.21 bits per heavy atom. The second kappa shape index (κ2) is 9.20. The first-order valence-electron chi connectivity index (χ1n) is 8.16. The van der Waals surface area contributed by atoms with E-state index < -0.39 is 0 Å². The zero-order chi connectivity index (χ0) is 17.4. The van der Waals surface area contributed by atoms with Gasteiger partial charge in [-0.15, -0.1) is 0 Å². The first-order chi connectivity index (χ1) is 11.6. The van der Waals surface area contributed by atoms with Crippen molar-refractivity contribution in [3.63, 3.8) is 0 Å². The Hall–Kier alpha value is -2.18. The number of carbonyl (C=O) groups excluding carboxylic acids is 2. The molecule has 0 fully saturated rings. The van der Waals surface area contributed by atoms with Crippen molar-refractivity contribution in [2.45, 2.75) is 19.4 Å². The molecule has 0 saturated heterocycles. The highest BCUT2D eigenvalue weighted by Gasteiger charge is 2.27. The van der Waals surface area contributed by atoms with Crippen molar-refractivity contribution in [1.29, 1.82) is 0 Å². The molecule has 1 heterocycles. The minimum atomic E-state index is -0.259. The maximum atomic E-state index is 12.3. The number of nitrogens with one attached hydrogen (secondary N) is 2. The highest BCUT2D eigenvalue weighted by Crippen LogP contribution is 2.32. The third-order valence-corrected chi connectivity index (χ3v) is 3.95. The summed E-state index contributed by atoms with van der Waals surface area (Å²) in [6.45, 7) is 4.15. The second-order valence-corrected chi connectivity index (χ2v) is 5.68. The Morgan fingerprint density at radius 3 is 2.75 bits per heavy atom. The molecule has 0 saturated carbocycles. The van der Waals surface area contributed by atoms with Crippen molar-refractivity contribution in [2.75, 3.05) is 33.4 Å². The van der Waals surface area contributed by atoms with E-state index in [1.54, 1.807) is 18.2 Å². The lowest BCUT2D eigenvalue weighted by Gasteiger charge is -2.32. The molecule has 130 valence electrons. The van der Waals surface area contributed by atoms with Gasteiger partial charge in [0.2, 0.25) is 11.8 Å². The van der Waals surface area contributed by atoms with Gasteiger partial charge in [0.15, 0.2) is 0 Å². The fourth-order valence-corrected chi connectivity index (χ4v) is 2.75. The molecule has 1 aliphatic rings. The molecule has 1 aromatic carbocycles. The van der Waals surface area contributed by atoms with Crippen molar-refractivity contribution in [2.24, 2.45) is 0 Å². The Bertz CT molecular complexity index is 601. The average Bonchev–Trinajstić information content (AvgIpc) is 2.58. The number of hydrogen-bond donors (Lipinski definition) is 2. The molecule has 0 radical (unpaired) electrons. The van der Waals surface area contributed by atoms with Crippen LogP contribution in [0.4, 0.5) is 0 Å². The predicted octanol–water partition coefficient (Wildman–Crippen LogP) is 1.30. The number of carbonyl (C=O) groups is 2. The summed E-state index contributed by atoms with van der Waals surface area (Å²) in [5, 5.41) is 6.07. The fraction of sp³-hybridized carbons (Fsp3) is 0.444. The van der Waals surface area contributed by atoms with Crippen LogP contribution in [-0.4, -0.2) is 50.1 Å². The number of benzene rings is 1. The molecule has 0 spiro atoms. The Morgan fingerprint density at radius 2 is 2.00 bits per heavy atom. The van der Waals surface area contributed by atoms with Gasteiger partial charge >= 0.3 is 0 Å². The lowest BCUT2D eigenvalue weighted by molar-refractivity contribution is -0.129. The third-order valence-electron chi connectivity index (χ3n) is 3.95. The summed E-state index contributed by atoms with van der Waals surface area (Å²) in [6, 6.07) is 7.59. The van der Waals surface area contributed by atoms with E-state index in [1.165, 1.54) is 6.92 Å². The zero-order valence-corrected chi connectivity index (χ0v) is 14.2. The maximum Gasteiger partial charge on any atom is 0.223 e. The van der Waals surface area contributed by atoms with E-state index in [0.717, 1.165) is 17.7 Å². The van der Waals surface area contributed by atoms with Gasteiger partial charge < -0.3 is 20.3 Å². The number of ether oxygens (including phenoxy) is 1. The minimum absolute atomic E-state index is 0.0649. The molecule has 0 aromatic heterocycles. The van der Waals surface area contributed by atoms with Crippen LogP contribution in [0.3, 0.4) is 0 Å². The number of nitrogens with zero attached hydrogens (tertiary/aromatic N) is 1. The summed E-state index contributed by atoms with van der Waals surface area (Å²) in [4.78, 5) is 25.8. The summed E-state index contributed by atoms with van der Waals surface area (Å²) >= 11 is 0. The quantitative estimate of drug-likeness (QED) is 0.705. The minimum Gasteiger partial charge on any atom is -0.383 e. The lowest BCUT2D eigenvalue weighted by atomic mass is 9.93. The van der Waals surface area contributed by atoms with Gasteiger partial charge in [0, 0.05) is 39.9 Å². The Labute approximate surface area is 142 Å². The molecule has 24 heavy (non-hydrogen) atoms. The zero-order valence-electron chi connectivity index (χ0n) is 14.2. The van der Waals surface area contributed by atoms with E-state index in [4.69, 9.17) is 4.74 Å². The normalized spacial score (nSPS) is 15.9. The van der Waals surface area contributed by atoms with Crippen LogP contribution >= 0.6 is 0 Å². The van der Waals surface area contributed by atoms with Crippen LogP contribution in [0.2, 0.25) is 0 Å². The SMILES string of the molecule is COCCNCCNC(=O)CC1c2ccccc2C=CN1C(C)=O. The van der Waals surface area contributed by atoms with E-state index in [2.05, 4.69) is 10.6 Å². The highest BCUT2D eigenvalue weighted by molar-refractivity contribution is 5.81. The molecule has 2 rings (SSSR count). The first kappa shape index (κ1) is 18.2. The molecular weight excluding hydrogens is 306 g/mol. The largest absolute Gasteiger partial charge is 0.383 e. The maximum absolute atomic E-state index is 12.3. The highest BCUT2D eigenvalue weighted by atomic mass is 16.5. The molecular formula is C18H25N3O3. The van der Waals surface area contributed by atoms with Gasteiger partial charge in [-0.05, 0) is 17.2 Å². The number of rotatable bonds is 8. The summed E-state index contributed by atoms with van der Waals surface area (Å²) in [6.07, 6.45) is 3.92. The van der Waals surface area contributed by atoms with Gasteiger partial charge in [0.1, 0.15) is 0 Å². The monoisotopic (exact) mass is 331 g/mol. The van der Waals surface area contributed by atoms with Crippen molar-refractivity contribution in [1.82, 2.24) is 15.5 Å². The fourth-order valence-electron chi connectivity index (χ4n) is 2.75. The van der Waals surface area contributed by atoms with Crippen LogP contribution in [0.5, 0.6) is 0 Å². The molecule has 1 unspecified atom stereocenters. The summed E-state index contributed by atoms with van der Waals surface area (Å²) in [7, 11) is 1.65. The molecule has 1 aromatic rings. The van der Waals surface area contributed by atoms with Gasteiger partial charge in [0.05, 0.1) is 19.1 Å². The smallest absolute Gasteiger partial charge is 0.223 e. The standard InChI is InChI=1S/C18H25N3O3/c1-14(22)21-11-7-15-5-3-4-6-16(15)17(21)13-18(23)20-9-8-19-10-12-24-2/h3-7,11,17,19H,8-10,12-13H2,1-2H3,(H,20,23). The summed E-state index contributed by atoms with van der Waals surface area (Å²) < 4.78 is 4.94. The third kappa shape index (κ3) is 4.91. The van der Waals surface area contributed by atoms with Crippen molar-refractivity contribution < 1.29 is 14.3 Å². The number of hydrogen-bond acceptors (Lipinski definition) is 4. The van der Waals surface area contributed by atoms with E-state index in [1.807, 2.05) is 30.3 Å². The van der Waals surface area contributed by atoms with Crippen LogP contribution < -0.4 is 10.6 Å². The van der Waals surface area contributed by atoms with E-state index >= 15 is 0 Å². The van der Waals surface area contributed by atoms with Crippen molar-refractivity contribution in [3.05, 3.63) is 41.6 Å². The Balaban J connectivity index is 1.92. The van der Waals surface area contributed by atoms with Crippen molar-refractivity contribution in [3.8, 4) is 0 Å². The number of amides is 2. The predicted molar refractivity (Wildman–Crippen MR) is 93.1 cm³/mol. The van der Waals surface area contributed by atoms with Gasteiger partial charge in [-0.3, -0.25) is 9.59 Å². The molecule has 2 amide bonds. The van der Waals surface area contributed by atoms with Crippen LogP contribution in [0.1, 0.15) is 30.5 Å². The van der Waals surface area contributed by atoms with Crippen LogP contribution in [-0.2, 0) is 14.3 Å².